The highest BCUT2D eigenvalue weighted by Crippen LogP contribution is 2.37. The fraction of sp³-hybridized carbons (Fsp3) is 0.667. The Morgan fingerprint density at radius 1 is 0.635 bits per heavy atom. The number of ether oxygens (including phenoxy) is 5. The van der Waals surface area contributed by atoms with Crippen LogP contribution in [-0.4, -0.2) is 81.8 Å². The molecule has 4 unspecified atom stereocenters. The van der Waals surface area contributed by atoms with Crippen molar-refractivity contribution in [2.45, 2.75) is 168 Å². The van der Waals surface area contributed by atoms with Gasteiger partial charge in [-0.05, 0) is 132 Å². The summed E-state index contributed by atoms with van der Waals surface area (Å²) in [7, 11) is 0. The summed E-state index contributed by atoms with van der Waals surface area (Å²) in [6.07, 6.45) is 5.13. The first-order valence-corrected chi connectivity index (χ1v) is 19.0. The summed E-state index contributed by atoms with van der Waals surface area (Å²) in [5.41, 5.74) is 4.87. The van der Waals surface area contributed by atoms with Crippen LogP contribution in [0.1, 0.15) is 122 Å². The number of nitrogen functional groups attached to an aromatic ring is 1. The lowest BCUT2D eigenvalue weighted by Crippen LogP contribution is -2.57. The number of hydrogen-bond acceptors (Lipinski definition) is 8. The highest BCUT2D eigenvalue weighted by atomic mass is 16.6. The average Bonchev–Trinajstić information content (AvgIpc) is 3.57. The van der Waals surface area contributed by atoms with Gasteiger partial charge < -0.3 is 39.2 Å². The number of nitrogens with zero attached hydrogens (tertiary/aromatic N) is 2. The summed E-state index contributed by atoms with van der Waals surface area (Å²) in [5, 5.41) is 0. The van der Waals surface area contributed by atoms with Crippen molar-refractivity contribution in [1.82, 2.24) is 9.80 Å². The van der Waals surface area contributed by atoms with E-state index in [4.69, 9.17) is 29.4 Å². The summed E-state index contributed by atoms with van der Waals surface area (Å²) in [4.78, 5) is 28.6. The van der Waals surface area contributed by atoms with Crippen molar-refractivity contribution in [2.24, 2.45) is 0 Å². The van der Waals surface area contributed by atoms with Crippen LogP contribution in [0.25, 0.3) is 0 Å². The van der Waals surface area contributed by atoms with E-state index >= 15 is 0 Å². The molecule has 0 aromatic heterocycles. The van der Waals surface area contributed by atoms with Gasteiger partial charge in [-0.2, -0.15) is 0 Å². The van der Waals surface area contributed by atoms with E-state index in [9.17, 15) is 9.59 Å². The summed E-state index contributed by atoms with van der Waals surface area (Å²) < 4.78 is 28.5. The lowest BCUT2D eigenvalue weighted by Gasteiger charge is -2.47. The largest absolute Gasteiger partial charge is 0.487 e. The molecule has 10 nitrogen and oxygen atoms in total. The van der Waals surface area contributed by atoms with E-state index < -0.39 is 11.2 Å². The zero-order valence-corrected chi connectivity index (χ0v) is 34.0. The molecule has 0 saturated carbocycles. The van der Waals surface area contributed by atoms with Crippen LogP contribution in [0.4, 0.5) is 15.3 Å². The van der Waals surface area contributed by atoms with Crippen LogP contribution in [0.5, 0.6) is 11.5 Å². The van der Waals surface area contributed by atoms with E-state index in [0.717, 1.165) is 50.4 Å². The van der Waals surface area contributed by atoms with Crippen molar-refractivity contribution in [3.63, 3.8) is 0 Å². The number of hydrogen-bond donors (Lipinski definition) is 1. The van der Waals surface area contributed by atoms with Gasteiger partial charge >= 0.3 is 12.2 Å². The predicted octanol–water partition coefficient (Wildman–Crippen LogP) is 9.64. The molecule has 3 saturated heterocycles. The van der Waals surface area contributed by atoms with Crippen LogP contribution in [-0.2, 0) is 14.2 Å². The van der Waals surface area contributed by atoms with Crippen LogP contribution in [0, 0.1) is 0 Å². The minimum absolute atomic E-state index is 0.0439. The van der Waals surface area contributed by atoms with E-state index in [0.29, 0.717) is 5.69 Å². The van der Waals surface area contributed by atoms with Gasteiger partial charge in [0.2, 0.25) is 0 Å². The number of carbonyl (C=O) groups excluding carboxylic acids is 2. The van der Waals surface area contributed by atoms with Crippen LogP contribution in [0.3, 0.4) is 0 Å². The third-order valence-electron chi connectivity index (χ3n) is 9.20. The molecule has 292 valence electrons. The normalized spacial score (nSPS) is 27.6. The Morgan fingerprint density at radius 3 is 1.29 bits per heavy atom. The number of para-hydroxylation sites is 1. The van der Waals surface area contributed by atoms with Crippen LogP contribution < -0.4 is 15.2 Å². The lowest BCUT2D eigenvalue weighted by atomic mass is 9.84. The summed E-state index contributed by atoms with van der Waals surface area (Å²) in [6.45, 7) is 25.8. The molecule has 0 spiro atoms. The minimum atomic E-state index is -0.488. The molecule has 3 heterocycles. The van der Waals surface area contributed by atoms with E-state index in [2.05, 4.69) is 27.7 Å². The molecular weight excluding hydrogens is 658 g/mol. The van der Waals surface area contributed by atoms with Gasteiger partial charge in [-0.1, -0.05) is 18.2 Å². The number of benzene rings is 2. The van der Waals surface area contributed by atoms with E-state index in [1.165, 1.54) is 12.8 Å². The van der Waals surface area contributed by atoms with Crippen molar-refractivity contribution < 1.29 is 33.3 Å². The Labute approximate surface area is 313 Å². The predicted molar refractivity (Wildman–Crippen MR) is 208 cm³/mol. The van der Waals surface area contributed by atoms with Gasteiger partial charge in [0.15, 0.2) is 0 Å². The highest BCUT2D eigenvalue weighted by Gasteiger charge is 2.45. The Hall–Kier alpha value is -3.66. The molecular formula is C42H67N3O7. The van der Waals surface area contributed by atoms with E-state index in [1.54, 1.807) is 0 Å². The number of anilines is 1. The first kappa shape index (κ1) is 42.8. The molecule has 2 amide bonds. The second-order valence-corrected chi connectivity index (χ2v) is 17.3. The Bertz CT molecular complexity index is 1370. The maximum Gasteiger partial charge on any atom is 0.410 e. The molecule has 52 heavy (non-hydrogen) atoms. The number of rotatable bonds is 4. The number of carbonyl (C=O) groups is 2. The summed E-state index contributed by atoms with van der Waals surface area (Å²) in [5.74, 6) is 1.68. The quantitative estimate of drug-likeness (QED) is 0.310. The molecule has 3 fully saturated rings. The Kier molecular flexibility index (Phi) is 14.7. The molecule has 2 aromatic carbocycles. The topological polar surface area (TPSA) is 113 Å². The number of amides is 2. The van der Waals surface area contributed by atoms with Crippen LogP contribution in [0.15, 0.2) is 54.6 Å². The molecule has 10 heteroatoms. The first-order valence-electron chi connectivity index (χ1n) is 19.0. The monoisotopic (exact) mass is 725 g/mol. The second kappa shape index (κ2) is 17.9. The number of piperidine rings is 2. The SMILES string of the molecule is C1CCOC1.CC1CC(C)(Oc2ccc(N)cc2)CC(C)N1C(=O)OC(C)(C)C.CC1CC(C)(Oc2ccccc2)CC(C)N1C(=O)OC(C)(C)C. The molecule has 0 radical (unpaired) electrons. The van der Waals surface area contributed by atoms with Crippen molar-refractivity contribution in [3.8, 4) is 11.5 Å². The van der Waals surface area contributed by atoms with E-state index in [1.807, 2.05) is 120 Å². The minimum Gasteiger partial charge on any atom is -0.487 e. The van der Waals surface area contributed by atoms with Gasteiger partial charge in [0.1, 0.15) is 33.9 Å². The molecule has 0 aliphatic carbocycles. The maximum atomic E-state index is 12.5. The third-order valence-corrected chi connectivity index (χ3v) is 9.20. The van der Waals surface area contributed by atoms with Crippen molar-refractivity contribution >= 4 is 17.9 Å². The zero-order chi connectivity index (χ0) is 38.9. The average molecular weight is 726 g/mol. The highest BCUT2D eigenvalue weighted by molar-refractivity contribution is 5.69. The first-order chi connectivity index (χ1) is 24.1. The molecule has 3 aliphatic rings. The van der Waals surface area contributed by atoms with Crippen molar-refractivity contribution in [3.05, 3.63) is 54.6 Å². The van der Waals surface area contributed by atoms with Gasteiger partial charge in [0, 0.05) is 68.8 Å². The van der Waals surface area contributed by atoms with Gasteiger partial charge in [-0.25, -0.2) is 9.59 Å². The zero-order valence-electron chi connectivity index (χ0n) is 34.0. The summed E-state index contributed by atoms with van der Waals surface area (Å²) >= 11 is 0. The van der Waals surface area contributed by atoms with Crippen molar-refractivity contribution in [2.75, 3.05) is 18.9 Å². The Balaban J connectivity index is 0.000000247. The van der Waals surface area contributed by atoms with Gasteiger partial charge in [-0.15, -0.1) is 0 Å². The van der Waals surface area contributed by atoms with Gasteiger partial charge in [-0.3, -0.25) is 0 Å². The fourth-order valence-corrected chi connectivity index (χ4v) is 7.55. The maximum absolute atomic E-state index is 12.5. The third kappa shape index (κ3) is 13.7. The molecule has 0 bridgehead atoms. The number of nitrogens with two attached hydrogens (primary N) is 1. The molecule has 3 aliphatic heterocycles. The van der Waals surface area contributed by atoms with Crippen molar-refractivity contribution in [1.29, 1.82) is 0 Å². The van der Waals surface area contributed by atoms with E-state index in [-0.39, 0.29) is 47.6 Å². The van der Waals surface area contributed by atoms with Crippen LogP contribution >= 0.6 is 0 Å². The number of likely N-dealkylation sites (tertiary alicyclic amines) is 2. The summed E-state index contributed by atoms with van der Waals surface area (Å²) in [6, 6.07) is 17.5. The molecule has 4 atom stereocenters. The van der Waals surface area contributed by atoms with Crippen LogP contribution in [0.2, 0.25) is 0 Å². The smallest absolute Gasteiger partial charge is 0.410 e. The molecule has 2 aromatic rings. The standard InChI is InChI=1S/C19H30N2O3.C19H29NO3.C4H8O/c1-13-11-19(6,23-16-9-7-15(20)8-10-16)12-14(2)21(13)17(22)24-18(3,4)5;1-14-12-19(6,22-16-10-8-7-9-11-16)13-15(2)20(14)17(21)23-18(3,4)5;1-2-4-5-3-1/h7-10,13-14H,11-12,20H2,1-6H3;7-11,14-15H,12-13H2,1-6H3;1-4H2. The van der Waals surface area contributed by atoms with Gasteiger partial charge in [0.05, 0.1) is 0 Å². The van der Waals surface area contributed by atoms with Gasteiger partial charge in [0.25, 0.3) is 0 Å². The lowest BCUT2D eigenvalue weighted by molar-refractivity contribution is -0.0503. The molecule has 5 rings (SSSR count). The molecule has 2 N–H and O–H groups in total. The fourth-order valence-electron chi connectivity index (χ4n) is 7.55. The second-order valence-electron chi connectivity index (χ2n) is 17.3. The Morgan fingerprint density at radius 2 is 0.981 bits per heavy atom.